The Balaban J connectivity index is 1.68. The predicted octanol–water partition coefficient (Wildman–Crippen LogP) is 1.62. The van der Waals surface area contributed by atoms with E-state index in [1.807, 2.05) is 49.3 Å². The number of aliphatic hydroxyl groups excluding tert-OH is 2. The number of carbonyl (C=O) groups excluding carboxylic acids is 3. The Morgan fingerprint density at radius 1 is 1.10 bits per heavy atom. The van der Waals surface area contributed by atoms with Crippen LogP contribution >= 0.6 is 0 Å². The molecular formula is C32H33N3O7. The second-order valence-corrected chi connectivity index (χ2v) is 11.5. The maximum Gasteiger partial charge on any atom is 0.255 e. The average molecular weight is 572 g/mol. The number of benzene rings is 2. The van der Waals surface area contributed by atoms with Gasteiger partial charge in [0.25, 0.3) is 5.91 Å². The number of phenolic OH excluding ortho intramolecular Hbond substituents is 1. The number of carbonyl (C=O) groups is 3. The minimum Gasteiger partial charge on any atom is -0.508 e. The molecule has 0 heterocycles. The van der Waals surface area contributed by atoms with Crippen LogP contribution in [-0.2, 0) is 27.2 Å². The van der Waals surface area contributed by atoms with E-state index in [-0.39, 0.29) is 35.3 Å². The molecule has 0 radical (unpaired) electrons. The molecule has 6 N–H and O–H groups in total. The van der Waals surface area contributed by atoms with Gasteiger partial charge in [-0.3, -0.25) is 19.3 Å². The Morgan fingerprint density at radius 3 is 2.36 bits per heavy atom. The van der Waals surface area contributed by atoms with Gasteiger partial charge in [0, 0.05) is 37.7 Å². The summed E-state index contributed by atoms with van der Waals surface area (Å²) in [6, 6.07) is 10.2. The first kappa shape index (κ1) is 28.9. The molecule has 4 unspecified atom stereocenters. The summed E-state index contributed by atoms with van der Waals surface area (Å²) in [5.41, 5.74) is 4.17. The van der Waals surface area contributed by atoms with Gasteiger partial charge in [0.2, 0.25) is 5.78 Å². The van der Waals surface area contributed by atoms with Crippen molar-refractivity contribution in [3.63, 3.8) is 0 Å². The van der Waals surface area contributed by atoms with E-state index in [9.17, 15) is 34.8 Å². The van der Waals surface area contributed by atoms with Gasteiger partial charge in [-0.15, -0.1) is 0 Å². The fraction of sp³-hybridized carbons (Fsp3) is 0.344. The molecule has 2 aromatic rings. The molecule has 42 heavy (non-hydrogen) atoms. The van der Waals surface area contributed by atoms with Crippen LogP contribution in [0.25, 0.3) is 5.76 Å². The number of Topliss-reactive ketones (excluding diaryl/α,β-unsaturated/α-hetero) is 2. The van der Waals surface area contributed by atoms with Crippen LogP contribution in [0.5, 0.6) is 5.75 Å². The van der Waals surface area contributed by atoms with Gasteiger partial charge in [0.15, 0.2) is 11.4 Å². The number of anilines is 1. The first-order chi connectivity index (χ1) is 19.8. The summed E-state index contributed by atoms with van der Waals surface area (Å²) < 4.78 is 0. The lowest BCUT2D eigenvalue weighted by atomic mass is 9.57. The fourth-order valence-corrected chi connectivity index (χ4v) is 6.62. The highest BCUT2D eigenvalue weighted by Crippen LogP contribution is 2.54. The van der Waals surface area contributed by atoms with Crippen molar-refractivity contribution in [2.75, 3.05) is 33.1 Å². The number of ketones is 2. The Bertz CT molecular complexity index is 1650. The lowest BCUT2D eigenvalue weighted by Crippen LogP contribution is -2.65. The number of nitrogens with two attached hydrogens (primary N) is 1. The van der Waals surface area contributed by atoms with Crippen LogP contribution in [0.2, 0.25) is 0 Å². The van der Waals surface area contributed by atoms with Crippen molar-refractivity contribution in [1.82, 2.24) is 4.90 Å². The Labute approximate surface area is 243 Å². The third-order valence-electron chi connectivity index (χ3n) is 8.54. The van der Waals surface area contributed by atoms with Crippen LogP contribution in [0.3, 0.4) is 0 Å². The van der Waals surface area contributed by atoms with Crippen molar-refractivity contribution >= 4 is 28.9 Å². The van der Waals surface area contributed by atoms with E-state index in [0.29, 0.717) is 17.7 Å². The largest absolute Gasteiger partial charge is 0.508 e. The third-order valence-corrected chi connectivity index (χ3v) is 8.54. The summed E-state index contributed by atoms with van der Waals surface area (Å²) in [6.45, 7) is 0. The monoisotopic (exact) mass is 571 g/mol. The smallest absolute Gasteiger partial charge is 0.255 e. The van der Waals surface area contributed by atoms with E-state index in [1.165, 1.54) is 4.90 Å². The first-order valence-corrected chi connectivity index (χ1v) is 13.5. The zero-order valence-corrected chi connectivity index (χ0v) is 23.8. The minimum absolute atomic E-state index is 0.0153. The molecule has 0 bridgehead atoms. The normalized spacial score (nSPS) is 25.0. The number of primary amides is 1. The molecule has 0 aliphatic heterocycles. The molecule has 0 saturated heterocycles. The van der Waals surface area contributed by atoms with Gasteiger partial charge in [-0.25, -0.2) is 0 Å². The number of hydrogen-bond donors (Lipinski definition) is 5. The molecule has 10 heteroatoms. The van der Waals surface area contributed by atoms with Crippen LogP contribution < -0.4 is 10.6 Å². The summed E-state index contributed by atoms with van der Waals surface area (Å²) in [4.78, 5) is 42.8. The standard InChI is InChI=1S/C32H33N3O7/c1-34(2)21-15-17(12-8-11-16-9-6-5-7-10-16)26(36)23-19(21)13-18-14-20-25(35(3)4)28(38)24(31(33)41)30(40)32(20,42)29(39)22(18)27(23)37/h5-7,9-10,15,18,20,25,36-37,40,42H,11,13-14H2,1-4H3,(H2,33,41). The van der Waals surface area contributed by atoms with Gasteiger partial charge in [0.1, 0.15) is 22.8 Å². The number of aliphatic hydroxyl groups is 3. The van der Waals surface area contributed by atoms with E-state index >= 15 is 0 Å². The summed E-state index contributed by atoms with van der Waals surface area (Å²) in [7, 11) is 6.75. The van der Waals surface area contributed by atoms with Crippen LogP contribution in [0.1, 0.15) is 28.7 Å². The second kappa shape index (κ2) is 10.4. The number of phenols is 1. The van der Waals surface area contributed by atoms with Gasteiger partial charge >= 0.3 is 0 Å². The van der Waals surface area contributed by atoms with Gasteiger partial charge < -0.3 is 31.1 Å². The molecule has 2 aromatic carbocycles. The highest BCUT2D eigenvalue weighted by atomic mass is 16.3. The topological polar surface area (TPSA) is 165 Å². The van der Waals surface area contributed by atoms with Crippen molar-refractivity contribution in [2.24, 2.45) is 17.6 Å². The number of likely N-dealkylation sites (N-methyl/N-ethyl adjacent to an activating group) is 1. The highest BCUT2D eigenvalue weighted by molar-refractivity contribution is 6.24. The quantitative estimate of drug-likeness (QED) is 0.271. The summed E-state index contributed by atoms with van der Waals surface area (Å²) in [5, 5.41) is 45.7. The van der Waals surface area contributed by atoms with Crippen molar-refractivity contribution in [3.05, 3.63) is 75.6 Å². The zero-order chi connectivity index (χ0) is 30.7. The number of amides is 1. The number of hydrogen-bond acceptors (Lipinski definition) is 9. The van der Waals surface area contributed by atoms with E-state index < -0.39 is 58.0 Å². The molecule has 1 amide bonds. The molecule has 218 valence electrons. The molecule has 4 atom stereocenters. The van der Waals surface area contributed by atoms with Crippen LogP contribution in [0.15, 0.2) is 53.3 Å². The minimum atomic E-state index is -2.68. The van der Waals surface area contributed by atoms with Crippen molar-refractivity contribution in [1.29, 1.82) is 0 Å². The van der Waals surface area contributed by atoms with Crippen LogP contribution in [0, 0.1) is 23.7 Å². The number of rotatable bonds is 4. The van der Waals surface area contributed by atoms with Gasteiger partial charge in [0.05, 0.1) is 17.2 Å². The van der Waals surface area contributed by atoms with Crippen molar-refractivity contribution in [2.45, 2.75) is 30.9 Å². The van der Waals surface area contributed by atoms with Crippen molar-refractivity contribution < 1.29 is 34.8 Å². The Kier molecular flexibility index (Phi) is 7.13. The summed E-state index contributed by atoms with van der Waals surface area (Å²) in [5.74, 6) is -0.841. The molecule has 3 aliphatic rings. The lowest BCUT2D eigenvalue weighted by Gasteiger charge is -2.50. The fourth-order valence-electron chi connectivity index (χ4n) is 6.62. The Hall–Kier alpha value is -4.59. The van der Waals surface area contributed by atoms with Gasteiger partial charge in [-0.2, -0.15) is 0 Å². The molecule has 0 spiro atoms. The third kappa shape index (κ3) is 4.24. The van der Waals surface area contributed by atoms with Gasteiger partial charge in [-0.05, 0) is 50.0 Å². The highest BCUT2D eigenvalue weighted by Gasteiger charge is 2.64. The molecule has 1 fully saturated rings. The molecule has 1 saturated carbocycles. The van der Waals surface area contributed by atoms with Crippen LogP contribution in [0.4, 0.5) is 5.69 Å². The van der Waals surface area contributed by atoms with Crippen molar-refractivity contribution in [3.8, 4) is 17.6 Å². The molecule has 3 aliphatic carbocycles. The van der Waals surface area contributed by atoms with Crippen LogP contribution in [-0.4, -0.2) is 82.6 Å². The SMILES string of the molecule is CN(C)c1cc(C#CCc2ccccc2)c(O)c2c1CC1CC3C(N(C)C)C(=O)C(C(N)=O)=C(O)C3(O)C(=O)C1=C2O. The first-order valence-electron chi connectivity index (χ1n) is 13.5. The van der Waals surface area contributed by atoms with E-state index in [0.717, 1.165) is 5.56 Å². The van der Waals surface area contributed by atoms with Gasteiger partial charge in [-0.1, -0.05) is 42.2 Å². The summed E-state index contributed by atoms with van der Waals surface area (Å²) >= 11 is 0. The number of fused-ring (bicyclic) bond motifs is 3. The lowest BCUT2D eigenvalue weighted by molar-refractivity contribution is -0.153. The molecule has 5 rings (SSSR count). The van der Waals surface area contributed by atoms with E-state index in [1.54, 1.807) is 20.2 Å². The average Bonchev–Trinajstić information content (AvgIpc) is 2.92. The maximum absolute atomic E-state index is 14.1. The number of aromatic hydroxyl groups is 1. The summed E-state index contributed by atoms with van der Waals surface area (Å²) in [6.07, 6.45) is 0.654. The zero-order valence-electron chi connectivity index (χ0n) is 23.8. The maximum atomic E-state index is 14.1. The molecular weight excluding hydrogens is 538 g/mol. The predicted molar refractivity (Wildman–Crippen MR) is 156 cm³/mol. The van der Waals surface area contributed by atoms with E-state index in [2.05, 4.69) is 11.8 Å². The second-order valence-electron chi connectivity index (χ2n) is 11.5. The Morgan fingerprint density at radius 2 is 1.76 bits per heavy atom. The van der Waals surface area contributed by atoms with E-state index in [4.69, 9.17) is 5.73 Å². The molecule has 0 aromatic heterocycles. The number of nitrogens with zero attached hydrogens (tertiary/aromatic N) is 2. The molecule has 10 nitrogen and oxygen atoms in total.